The average molecular weight is 510 g/mol. The minimum absolute atomic E-state index is 0.128. The lowest BCUT2D eigenvalue weighted by Crippen LogP contribution is -2.53. The Morgan fingerprint density at radius 3 is 2.45 bits per heavy atom. The van der Waals surface area contributed by atoms with Gasteiger partial charge in [-0.25, -0.2) is 9.48 Å². The number of hydrogen-bond donors (Lipinski definition) is 2. The van der Waals surface area contributed by atoms with Crippen LogP contribution in [-0.2, 0) is 13.5 Å². The molecule has 0 saturated carbocycles. The van der Waals surface area contributed by atoms with E-state index in [0.717, 1.165) is 16.9 Å². The predicted octanol–water partition coefficient (Wildman–Crippen LogP) is 4.97. The lowest BCUT2D eigenvalue weighted by molar-refractivity contribution is 0.0824. The van der Waals surface area contributed by atoms with Gasteiger partial charge in [0.05, 0.1) is 10.9 Å². The maximum absolute atomic E-state index is 13.2. The molecule has 3 aromatic rings. The topological polar surface area (TPSA) is 100 Å². The molecule has 1 atom stereocenters. The van der Waals surface area contributed by atoms with E-state index in [1.54, 1.807) is 13.1 Å². The van der Waals surface area contributed by atoms with E-state index in [0.29, 0.717) is 26.9 Å². The smallest absolute Gasteiger partial charge is 0.407 e. The van der Waals surface area contributed by atoms with Gasteiger partial charge in [-0.3, -0.25) is 4.79 Å². The first-order valence-electron chi connectivity index (χ1n) is 10.2. The number of thiophene rings is 1. The maximum atomic E-state index is 13.2. The van der Waals surface area contributed by atoms with E-state index in [2.05, 4.69) is 15.6 Å². The summed E-state index contributed by atoms with van der Waals surface area (Å²) in [5, 5.41) is 20.6. The Kier molecular flexibility index (Phi) is 7.66. The van der Waals surface area contributed by atoms with Crippen LogP contribution >= 0.6 is 34.5 Å². The van der Waals surface area contributed by atoms with Crippen molar-refractivity contribution in [3.8, 4) is 11.3 Å². The monoisotopic (exact) mass is 509 g/mol. The number of nitrogens with zero attached hydrogens (tertiary/aromatic N) is 4. The van der Waals surface area contributed by atoms with Crippen LogP contribution in [0.4, 0.5) is 4.79 Å². The van der Waals surface area contributed by atoms with Gasteiger partial charge in [-0.15, -0.1) is 16.4 Å². The standard InChI is InChI=1S/C22H25Cl2N5O3S/c1-22(2,3)29(21(31)32)12-14(10-13-8-6-5-7-9-13)25-20(30)16-11-15(19(24)33-16)17-18(23)26-27-28(17)4/h5-9,11,14H,10,12H2,1-4H3,(H,25,30)(H,31,32)/t14-/m0/s1. The number of aromatic nitrogens is 3. The first kappa shape index (κ1) is 25.0. The summed E-state index contributed by atoms with van der Waals surface area (Å²) < 4.78 is 1.87. The summed E-state index contributed by atoms with van der Waals surface area (Å²) in [4.78, 5) is 26.8. The summed E-state index contributed by atoms with van der Waals surface area (Å²) in [6, 6.07) is 10.8. The zero-order valence-corrected chi connectivity index (χ0v) is 21.0. The molecular weight excluding hydrogens is 485 g/mol. The van der Waals surface area contributed by atoms with Gasteiger partial charge in [-0.1, -0.05) is 58.7 Å². The van der Waals surface area contributed by atoms with Crippen LogP contribution in [0.2, 0.25) is 9.49 Å². The molecule has 11 heteroatoms. The van der Waals surface area contributed by atoms with Gasteiger partial charge in [-0.2, -0.15) is 0 Å². The minimum atomic E-state index is -1.05. The first-order chi connectivity index (χ1) is 15.5. The number of carboxylic acid groups (broad SMARTS) is 1. The van der Waals surface area contributed by atoms with Crippen molar-refractivity contribution in [3.63, 3.8) is 0 Å². The molecule has 0 unspecified atom stereocenters. The van der Waals surface area contributed by atoms with Crippen molar-refractivity contribution in [1.82, 2.24) is 25.2 Å². The minimum Gasteiger partial charge on any atom is -0.465 e. The zero-order valence-electron chi connectivity index (χ0n) is 18.7. The second-order valence-corrected chi connectivity index (χ2v) is 10.6. The fraction of sp³-hybridized carbons (Fsp3) is 0.364. The predicted molar refractivity (Wildman–Crippen MR) is 130 cm³/mol. The number of nitrogens with one attached hydrogen (secondary N) is 1. The van der Waals surface area contributed by atoms with Crippen molar-refractivity contribution in [2.24, 2.45) is 7.05 Å². The lowest BCUT2D eigenvalue weighted by Gasteiger charge is -2.36. The van der Waals surface area contributed by atoms with Crippen LogP contribution in [0.25, 0.3) is 11.3 Å². The Morgan fingerprint density at radius 2 is 1.91 bits per heavy atom. The molecule has 0 saturated heterocycles. The van der Waals surface area contributed by atoms with E-state index in [1.165, 1.54) is 9.58 Å². The highest BCUT2D eigenvalue weighted by molar-refractivity contribution is 7.18. The molecule has 1 aromatic carbocycles. The molecule has 0 bridgehead atoms. The van der Waals surface area contributed by atoms with Gasteiger partial charge in [-0.05, 0) is 38.8 Å². The molecule has 0 aliphatic heterocycles. The number of carbonyl (C=O) groups excluding carboxylic acids is 1. The molecule has 0 aliphatic rings. The summed E-state index contributed by atoms with van der Waals surface area (Å²) in [6.07, 6.45) is -0.579. The van der Waals surface area contributed by atoms with Crippen molar-refractivity contribution < 1.29 is 14.7 Å². The quantitative estimate of drug-likeness (QED) is 0.468. The van der Waals surface area contributed by atoms with Gasteiger partial charge in [0.2, 0.25) is 0 Å². The fourth-order valence-electron chi connectivity index (χ4n) is 3.44. The molecule has 0 spiro atoms. The zero-order chi connectivity index (χ0) is 24.3. The van der Waals surface area contributed by atoms with Crippen molar-refractivity contribution in [3.05, 3.63) is 56.3 Å². The number of benzene rings is 1. The highest BCUT2D eigenvalue weighted by Gasteiger charge is 2.30. The van der Waals surface area contributed by atoms with Gasteiger partial charge in [0.15, 0.2) is 5.15 Å². The maximum Gasteiger partial charge on any atom is 0.407 e. The molecule has 2 aromatic heterocycles. The van der Waals surface area contributed by atoms with Gasteiger partial charge in [0.1, 0.15) is 10.0 Å². The fourth-order valence-corrected chi connectivity index (χ4v) is 4.87. The molecule has 3 rings (SSSR count). The molecule has 33 heavy (non-hydrogen) atoms. The number of aryl methyl sites for hydroxylation is 1. The molecule has 0 radical (unpaired) electrons. The van der Waals surface area contributed by atoms with Crippen LogP contribution in [0, 0.1) is 0 Å². The number of rotatable bonds is 7. The number of halogens is 2. The van der Waals surface area contributed by atoms with Crippen LogP contribution < -0.4 is 5.32 Å². The molecule has 2 amide bonds. The van der Waals surface area contributed by atoms with Gasteiger partial charge < -0.3 is 15.3 Å². The lowest BCUT2D eigenvalue weighted by atomic mass is 10.0. The molecular formula is C22H25Cl2N5O3S. The van der Waals surface area contributed by atoms with E-state index in [4.69, 9.17) is 23.2 Å². The highest BCUT2D eigenvalue weighted by atomic mass is 35.5. The summed E-state index contributed by atoms with van der Waals surface area (Å²) in [7, 11) is 1.69. The van der Waals surface area contributed by atoms with Crippen LogP contribution in [0.15, 0.2) is 36.4 Å². The molecule has 176 valence electrons. The molecule has 8 nitrogen and oxygen atoms in total. The SMILES string of the molecule is Cn1nnc(Cl)c1-c1cc(C(=O)N[C@@H](Cc2ccccc2)CN(C(=O)O)C(C)(C)C)sc1Cl. The normalized spacial score (nSPS) is 12.4. The van der Waals surface area contributed by atoms with E-state index in [-0.39, 0.29) is 17.6 Å². The van der Waals surface area contributed by atoms with Gasteiger partial charge in [0, 0.05) is 24.7 Å². The average Bonchev–Trinajstić information content (AvgIpc) is 3.26. The second-order valence-electron chi connectivity index (χ2n) is 8.57. The first-order valence-corrected chi connectivity index (χ1v) is 11.7. The Bertz CT molecular complexity index is 1120. The third-order valence-electron chi connectivity index (χ3n) is 5.06. The second kappa shape index (κ2) is 10.1. The van der Waals surface area contributed by atoms with E-state index in [9.17, 15) is 14.7 Å². The van der Waals surface area contributed by atoms with Crippen molar-refractivity contribution in [2.75, 3.05) is 6.54 Å². The van der Waals surface area contributed by atoms with Crippen molar-refractivity contribution in [1.29, 1.82) is 0 Å². The third kappa shape index (κ3) is 6.04. The molecule has 0 aliphatic carbocycles. The number of hydrogen-bond acceptors (Lipinski definition) is 5. The van der Waals surface area contributed by atoms with E-state index >= 15 is 0 Å². The molecule has 0 fully saturated rings. The summed E-state index contributed by atoms with van der Waals surface area (Å²) in [6.45, 7) is 5.58. The number of carbonyl (C=O) groups is 2. The third-order valence-corrected chi connectivity index (χ3v) is 6.67. The summed E-state index contributed by atoms with van der Waals surface area (Å²) in [5.74, 6) is -0.348. The Balaban J connectivity index is 1.87. The molecule has 2 heterocycles. The van der Waals surface area contributed by atoms with Crippen LogP contribution in [0.3, 0.4) is 0 Å². The van der Waals surface area contributed by atoms with E-state index in [1.807, 2.05) is 51.1 Å². The van der Waals surface area contributed by atoms with Crippen LogP contribution in [0.1, 0.15) is 36.0 Å². The Labute approximate surface area is 206 Å². The molecule has 2 N–H and O–H groups in total. The van der Waals surface area contributed by atoms with Crippen LogP contribution in [-0.4, -0.2) is 55.1 Å². The Hall–Kier alpha value is -2.62. The van der Waals surface area contributed by atoms with Gasteiger partial charge in [0.25, 0.3) is 5.91 Å². The number of amides is 2. The van der Waals surface area contributed by atoms with Crippen molar-refractivity contribution in [2.45, 2.75) is 38.8 Å². The summed E-state index contributed by atoms with van der Waals surface area (Å²) >= 11 is 13.6. The van der Waals surface area contributed by atoms with Crippen LogP contribution in [0.5, 0.6) is 0 Å². The Morgan fingerprint density at radius 1 is 1.24 bits per heavy atom. The summed E-state index contributed by atoms with van der Waals surface area (Å²) in [5.41, 5.74) is 1.43. The highest BCUT2D eigenvalue weighted by Crippen LogP contribution is 2.38. The van der Waals surface area contributed by atoms with Gasteiger partial charge >= 0.3 is 6.09 Å². The largest absolute Gasteiger partial charge is 0.465 e. The van der Waals surface area contributed by atoms with Crippen molar-refractivity contribution >= 4 is 46.5 Å². The van der Waals surface area contributed by atoms with E-state index < -0.39 is 17.7 Å².